The Hall–Kier alpha value is -1.36. The van der Waals surface area contributed by atoms with Gasteiger partial charge in [0.25, 0.3) is 5.91 Å². The molecule has 1 amide bonds. The van der Waals surface area contributed by atoms with Gasteiger partial charge in [-0.1, -0.05) is 27.3 Å². The number of hydrogen-bond acceptors (Lipinski definition) is 6. The van der Waals surface area contributed by atoms with Gasteiger partial charge in [-0.3, -0.25) is 10.1 Å². The van der Waals surface area contributed by atoms with Crippen LogP contribution in [-0.2, 0) is 16.4 Å². The summed E-state index contributed by atoms with van der Waals surface area (Å²) >= 11 is 4.62. The molecule has 0 saturated heterocycles. The maximum atomic E-state index is 12.1. The fourth-order valence-electron chi connectivity index (χ4n) is 1.64. The number of anilines is 1. The van der Waals surface area contributed by atoms with Crippen LogP contribution in [0.25, 0.3) is 0 Å². The number of rotatable bonds is 6. The lowest BCUT2D eigenvalue weighted by Crippen LogP contribution is -2.22. The lowest BCUT2D eigenvalue weighted by atomic mass is 10.2. The van der Waals surface area contributed by atoms with E-state index in [1.54, 1.807) is 0 Å². The molecule has 0 aliphatic carbocycles. The Kier molecular flexibility index (Phi) is 5.84. The number of aromatic nitrogens is 2. The van der Waals surface area contributed by atoms with Gasteiger partial charge in [0, 0.05) is 31.4 Å². The van der Waals surface area contributed by atoms with Gasteiger partial charge in [0.05, 0.1) is 4.90 Å². The van der Waals surface area contributed by atoms with Crippen molar-refractivity contribution in [2.75, 3.05) is 24.7 Å². The highest BCUT2D eigenvalue weighted by Crippen LogP contribution is 2.18. The molecule has 1 heterocycles. The Morgan fingerprint density at radius 3 is 2.48 bits per heavy atom. The second kappa shape index (κ2) is 7.47. The van der Waals surface area contributed by atoms with Gasteiger partial charge in [-0.2, -0.15) is 0 Å². The Bertz CT molecular complexity index is 788. The summed E-state index contributed by atoms with van der Waals surface area (Å²) in [6.07, 6.45) is 0.741. The number of hydrogen-bond donors (Lipinski definition) is 1. The van der Waals surface area contributed by atoms with E-state index in [2.05, 4.69) is 31.4 Å². The van der Waals surface area contributed by atoms with Gasteiger partial charge in [0.15, 0.2) is 0 Å². The van der Waals surface area contributed by atoms with Crippen molar-refractivity contribution in [2.24, 2.45) is 0 Å². The summed E-state index contributed by atoms with van der Waals surface area (Å²) in [6, 6.07) is 5.74. The third kappa shape index (κ3) is 4.34. The Morgan fingerprint density at radius 1 is 1.26 bits per heavy atom. The number of halogens is 1. The zero-order valence-corrected chi connectivity index (χ0v) is 15.7. The van der Waals surface area contributed by atoms with Crippen LogP contribution in [0.5, 0.6) is 0 Å². The lowest BCUT2D eigenvalue weighted by Gasteiger charge is -2.11. The average Bonchev–Trinajstić information content (AvgIpc) is 2.94. The topological polar surface area (TPSA) is 92.3 Å². The van der Waals surface area contributed by atoms with Crippen LogP contribution in [-0.4, -0.2) is 48.3 Å². The van der Waals surface area contributed by atoms with Gasteiger partial charge in [-0.25, -0.2) is 12.7 Å². The summed E-state index contributed by atoms with van der Waals surface area (Å²) < 4.78 is 25.1. The third-order valence-corrected chi connectivity index (χ3v) is 6.02. The average molecular weight is 419 g/mol. The minimum Gasteiger partial charge on any atom is -0.296 e. The molecule has 1 N–H and O–H groups in total. The van der Waals surface area contributed by atoms with Crippen LogP contribution in [0.4, 0.5) is 5.13 Å². The first kappa shape index (κ1) is 18.0. The number of carbonyl (C=O) groups is 1. The summed E-state index contributed by atoms with van der Waals surface area (Å²) in [5.41, 5.74) is 0.347. The molecule has 2 rings (SSSR count). The first-order valence-electron chi connectivity index (χ1n) is 6.57. The van der Waals surface area contributed by atoms with Gasteiger partial charge >= 0.3 is 0 Å². The van der Waals surface area contributed by atoms with E-state index in [0.29, 0.717) is 10.7 Å². The molecule has 0 aliphatic rings. The zero-order valence-electron chi connectivity index (χ0n) is 12.5. The molecular weight excluding hydrogens is 404 g/mol. The standard InChI is InChI=1S/C13H15BrN4O3S2/c1-18(2)23(20,21)10-5-3-9(4-6-10)12(19)15-13-17-16-11(22-13)7-8-14/h3-6H,7-8H2,1-2H3,(H,15,17,19). The minimum atomic E-state index is -3.50. The molecule has 1 aromatic carbocycles. The van der Waals surface area contributed by atoms with E-state index in [0.717, 1.165) is 21.1 Å². The molecule has 7 nitrogen and oxygen atoms in total. The van der Waals surface area contributed by atoms with E-state index in [4.69, 9.17) is 0 Å². The maximum absolute atomic E-state index is 12.1. The van der Waals surface area contributed by atoms with Gasteiger partial charge < -0.3 is 0 Å². The fraction of sp³-hybridized carbons (Fsp3) is 0.308. The normalized spacial score (nSPS) is 11.7. The van der Waals surface area contributed by atoms with Gasteiger partial charge in [0.1, 0.15) is 5.01 Å². The van der Waals surface area contributed by atoms with E-state index < -0.39 is 10.0 Å². The molecule has 0 radical (unpaired) electrons. The quantitative estimate of drug-likeness (QED) is 0.723. The Balaban J connectivity index is 2.11. The summed E-state index contributed by atoms with van der Waals surface area (Å²) in [7, 11) is -0.596. The summed E-state index contributed by atoms with van der Waals surface area (Å²) in [5.74, 6) is -0.361. The number of alkyl halides is 1. The number of carbonyl (C=O) groups excluding carboxylic acids is 1. The third-order valence-electron chi connectivity index (χ3n) is 2.89. The molecule has 2 aromatic rings. The van der Waals surface area contributed by atoms with Gasteiger partial charge in [-0.05, 0) is 24.3 Å². The minimum absolute atomic E-state index is 0.134. The predicted molar refractivity (Wildman–Crippen MR) is 92.7 cm³/mol. The largest absolute Gasteiger partial charge is 0.296 e. The summed E-state index contributed by atoms with van der Waals surface area (Å²) in [5, 5.41) is 12.5. The van der Waals surface area contributed by atoms with Crippen LogP contribution in [0.2, 0.25) is 0 Å². The fourth-order valence-corrected chi connectivity index (χ4v) is 3.92. The highest BCUT2D eigenvalue weighted by Gasteiger charge is 2.18. The Morgan fingerprint density at radius 2 is 1.91 bits per heavy atom. The molecular formula is C13H15BrN4O3S2. The van der Waals surface area contributed by atoms with Gasteiger partial charge in [0.2, 0.25) is 15.2 Å². The number of benzene rings is 1. The lowest BCUT2D eigenvalue weighted by molar-refractivity contribution is 0.102. The number of nitrogens with zero attached hydrogens (tertiary/aromatic N) is 3. The number of amides is 1. The number of nitrogens with one attached hydrogen (secondary N) is 1. The van der Waals surface area contributed by atoms with E-state index in [1.165, 1.54) is 49.7 Å². The van der Waals surface area contributed by atoms with E-state index in [1.807, 2.05) is 0 Å². The molecule has 0 unspecified atom stereocenters. The molecule has 0 fully saturated rings. The smallest absolute Gasteiger partial charge is 0.257 e. The van der Waals surface area contributed by atoms with Crippen LogP contribution in [0.3, 0.4) is 0 Å². The summed E-state index contributed by atoms with van der Waals surface area (Å²) in [4.78, 5) is 12.3. The van der Waals surface area contributed by atoms with Crippen LogP contribution in [0.1, 0.15) is 15.4 Å². The molecule has 0 atom stereocenters. The molecule has 23 heavy (non-hydrogen) atoms. The highest BCUT2D eigenvalue weighted by atomic mass is 79.9. The first-order valence-corrected chi connectivity index (χ1v) is 9.94. The van der Waals surface area contributed by atoms with Crippen molar-refractivity contribution in [2.45, 2.75) is 11.3 Å². The SMILES string of the molecule is CN(C)S(=O)(=O)c1ccc(C(=O)Nc2nnc(CCBr)s2)cc1. The van der Waals surface area contributed by atoms with Crippen molar-refractivity contribution in [3.05, 3.63) is 34.8 Å². The van der Waals surface area contributed by atoms with Crippen molar-refractivity contribution in [3.8, 4) is 0 Å². The van der Waals surface area contributed by atoms with Crippen molar-refractivity contribution < 1.29 is 13.2 Å². The van der Waals surface area contributed by atoms with E-state index >= 15 is 0 Å². The van der Waals surface area contributed by atoms with Crippen LogP contribution < -0.4 is 5.32 Å². The van der Waals surface area contributed by atoms with Crippen molar-refractivity contribution in [1.82, 2.24) is 14.5 Å². The maximum Gasteiger partial charge on any atom is 0.257 e. The second-order valence-corrected chi connectivity index (χ2v) is 8.71. The first-order chi connectivity index (χ1) is 10.8. The molecule has 0 spiro atoms. The zero-order chi connectivity index (χ0) is 17.0. The van der Waals surface area contributed by atoms with Crippen LogP contribution in [0, 0.1) is 0 Å². The van der Waals surface area contributed by atoms with Crippen molar-refractivity contribution in [3.63, 3.8) is 0 Å². The molecule has 124 valence electrons. The highest BCUT2D eigenvalue weighted by molar-refractivity contribution is 9.09. The predicted octanol–water partition coefficient (Wildman–Crippen LogP) is 1.98. The van der Waals surface area contributed by atoms with Crippen molar-refractivity contribution >= 4 is 48.3 Å². The molecule has 0 saturated carbocycles. The second-order valence-electron chi connectivity index (χ2n) is 4.71. The number of aryl methyl sites for hydroxylation is 1. The molecule has 10 heteroatoms. The number of sulfonamides is 1. The summed E-state index contributed by atoms with van der Waals surface area (Å²) in [6.45, 7) is 0. The van der Waals surface area contributed by atoms with Crippen LogP contribution in [0.15, 0.2) is 29.2 Å². The molecule has 0 bridgehead atoms. The molecule has 1 aromatic heterocycles. The van der Waals surface area contributed by atoms with Gasteiger partial charge in [-0.15, -0.1) is 10.2 Å². The van der Waals surface area contributed by atoms with E-state index in [-0.39, 0.29) is 10.8 Å². The van der Waals surface area contributed by atoms with Crippen molar-refractivity contribution in [1.29, 1.82) is 0 Å². The monoisotopic (exact) mass is 418 g/mol. The Labute approximate surface area is 146 Å². The van der Waals surface area contributed by atoms with Crippen LogP contribution >= 0.6 is 27.3 Å². The molecule has 0 aliphatic heterocycles. The van der Waals surface area contributed by atoms with E-state index in [9.17, 15) is 13.2 Å².